The van der Waals surface area contributed by atoms with Crippen molar-refractivity contribution in [2.24, 2.45) is 23.7 Å². The second kappa shape index (κ2) is 16.0. The molecule has 3 fully saturated rings. The molecule has 1 aromatic carbocycles. The van der Waals surface area contributed by atoms with Gasteiger partial charge in [-0.2, -0.15) is 17.6 Å². The number of hydrogen-bond acceptors (Lipinski definition) is 3. The molecule has 0 bridgehead atoms. The van der Waals surface area contributed by atoms with Crippen LogP contribution in [0.2, 0.25) is 0 Å². The summed E-state index contributed by atoms with van der Waals surface area (Å²) in [6, 6.07) is 2.08. The van der Waals surface area contributed by atoms with Gasteiger partial charge in [0.15, 0.2) is 17.7 Å². The van der Waals surface area contributed by atoms with Gasteiger partial charge in [0, 0.05) is 6.07 Å². The fourth-order valence-electron chi connectivity index (χ4n) is 6.83. The van der Waals surface area contributed by atoms with Gasteiger partial charge in [-0.25, -0.2) is 8.78 Å². The lowest BCUT2D eigenvalue weighted by molar-refractivity contribution is -0.324. The van der Waals surface area contributed by atoms with Crippen molar-refractivity contribution in [2.75, 3.05) is 6.61 Å². The number of allylic oxidation sites excluding steroid dienone is 2. The average molecular weight is 619 g/mol. The predicted molar refractivity (Wildman–Crippen MR) is 154 cm³/mol. The van der Waals surface area contributed by atoms with E-state index >= 15 is 8.78 Å². The molecule has 0 amide bonds. The Hall–Kier alpha value is -1.74. The van der Waals surface area contributed by atoms with Gasteiger partial charge in [0.05, 0.1) is 18.6 Å². The van der Waals surface area contributed by atoms with Gasteiger partial charge >= 0.3 is 12.2 Å². The summed E-state index contributed by atoms with van der Waals surface area (Å²) in [4.78, 5) is 0. The van der Waals surface area contributed by atoms with Crippen molar-refractivity contribution in [2.45, 2.75) is 134 Å². The maximum absolute atomic E-state index is 15.0. The zero-order valence-electron chi connectivity index (χ0n) is 25.4. The van der Waals surface area contributed by atoms with E-state index in [2.05, 4.69) is 23.8 Å². The van der Waals surface area contributed by atoms with Crippen LogP contribution in [-0.2, 0) is 9.47 Å². The Morgan fingerprint density at radius 3 is 2.02 bits per heavy atom. The summed E-state index contributed by atoms with van der Waals surface area (Å²) >= 11 is 0. The summed E-state index contributed by atoms with van der Waals surface area (Å²) < 4.78 is 100. The van der Waals surface area contributed by atoms with Gasteiger partial charge in [-0.3, -0.25) is 0 Å². The molecule has 3 nitrogen and oxygen atoms in total. The van der Waals surface area contributed by atoms with Crippen LogP contribution in [0, 0.1) is 35.3 Å². The first-order valence-electron chi connectivity index (χ1n) is 16.4. The van der Waals surface area contributed by atoms with E-state index in [0.29, 0.717) is 49.7 Å². The van der Waals surface area contributed by atoms with Crippen LogP contribution in [0.3, 0.4) is 0 Å². The Kier molecular flexibility index (Phi) is 12.7. The number of ether oxygens (including phenoxy) is 3. The molecule has 0 radical (unpaired) electrons. The summed E-state index contributed by atoms with van der Waals surface area (Å²) in [5.74, 6) is -2.21. The van der Waals surface area contributed by atoms with Crippen molar-refractivity contribution in [3.05, 3.63) is 42.0 Å². The van der Waals surface area contributed by atoms with Crippen LogP contribution in [0.15, 0.2) is 30.4 Å². The second-order valence-electron chi connectivity index (χ2n) is 12.9. The molecule has 1 aliphatic heterocycles. The van der Waals surface area contributed by atoms with Crippen molar-refractivity contribution in [1.82, 2.24) is 0 Å². The number of unbranched alkanes of at least 4 members (excludes halogenated alkanes) is 4. The normalized spacial score (nSPS) is 29.2. The van der Waals surface area contributed by atoms with Crippen LogP contribution in [0.5, 0.6) is 5.75 Å². The van der Waals surface area contributed by atoms with Crippen LogP contribution < -0.4 is 4.74 Å². The second-order valence-corrected chi connectivity index (χ2v) is 12.9. The Balaban J connectivity index is 1.13. The lowest BCUT2D eigenvalue weighted by atomic mass is 9.77. The lowest BCUT2D eigenvalue weighted by Gasteiger charge is -2.37. The van der Waals surface area contributed by atoms with E-state index in [-0.39, 0.29) is 12.8 Å². The molecular weight excluding hydrogens is 570 g/mol. The molecule has 2 unspecified atom stereocenters. The molecule has 4 rings (SSSR count). The summed E-state index contributed by atoms with van der Waals surface area (Å²) in [6.07, 6.45) is 9.44. The Bertz CT molecular complexity index is 994. The van der Waals surface area contributed by atoms with Crippen molar-refractivity contribution >= 4 is 0 Å². The minimum atomic E-state index is -3.85. The zero-order valence-corrected chi connectivity index (χ0v) is 25.4. The van der Waals surface area contributed by atoms with Crippen LogP contribution in [0.4, 0.5) is 26.3 Å². The van der Waals surface area contributed by atoms with Crippen LogP contribution in [0.1, 0.15) is 110 Å². The summed E-state index contributed by atoms with van der Waals surface area (Å²) in [7, 11) is 0. The Morgan fingerprint density at radius 1 is 0.767 bits per heavy atom. The molecule has 2 saturated carbocycles. The monoisotopic (exact) mass is 618 g/mol. The van der Waals surface area contributed by atoms with Gasteiger partial charge in [-0.05, 0) is 94.1 Å². The largest absolute Gasteiger partial charge is 0.431 e. The van der Waals surface area contributed by atoms with E-state index in [1.165, 1.54) is 64.2 Å². The molecule has 0 N–H and O–H groups in total. The van der Waals surface area contributed by atoms with Gasteiger partial charge < -0.3 is 14.2 Å². The molecule has 0 aromatic heterocycles. The third-order valence-electron chi connectivity index (χ3n) is 9.59. The molecule has 244 valence electrons. The quantitative estimate of drug-likeness (QED) is 0.118. The molecule has 43 heavy (non-hydrogen) atoms. The molecular formula is C34H48F6O3. The van der Waals surface area contributed by atoms with E-state index in [1.54, 1.807) is 0 Å². The molecule has 0 spiro atoms. The van der Waals surface area contributed by atoms with E-state index in [4.69, 9.17) is 9.47 Å². The fourth-order valence-corrected chi connectivity index (χ4v) is 6.83. The van der Waals surface area contributed by atoms with Gasteiger partial charge in [0.2, 0.25) is 0 Å². The van der Waals surface area contributed by atoms with Crippen molar-refractivity contribution in [3.8, 4) is 5.75 Å². The third kappa shape index (κ3) is 10.4. The Labute approximate surface area is 252 Å². The van der Waals surface area contributed by atoms with Gasteiger partial charge in [-0.15, -0.1) is 0 Å². The molecule has 1 saturated heterocycles. The number of alkyl halides is 4. The molecule has 3 aliphatic rings. The number of rotatable bonds is 14. The van der Waals surface area contributed by atoms with Gasteiger partial charge in [0.1, 0.15) is 5.75 Å². The molecule has 1 aromatic rings. The van der Waals surface area contributed by atoms with Crippen LogP contribution in [0.25, 0.3) is 0 Å². The minimum absolute atomic E-state index is 0.0594. The van der Waals surface area contributed by atoms with Crippen LogP contribution >= 0.6 is 0 Å². The lowest BCUT2D eigenvalue weighted by Crippen LogP contribution is -2.48. The third-order valence-corrected chi connectivity index (χ3v) is 9.59. The van der Waals surface area contributed by atoms with E-state index in [1.807, 2.05) is 0 Å². The highest BCUT2D eigenvalue weighted by atomic mass is 19.3. The maximum Gasteiger partial charge on any atom is 0.424 e. The van der Waals surface area contributed by atoms with Crippen molar-refractivity contribution < 1.29 is 40.6 Å². The van der Waals surface area contributed by atoms with E-state index < -0.39 is 54.3 Å². The van der Waals surface area contributed by atoms with Crippen molar-refractivity contribution in [1.29, 1.82) is 0 Å². The molecule has 2 aliphatic carbocycles. The first kappa shape index (κ1) is 34.1. The first-order valence-corrected chi connectivity index (χ1v) is 16.4. The number of halogens is 6. The molecule has 9 heteroatoms. The summed E-state index contributed by atoms with van der Waals surface area (Å²) in [5.41, 5.74) is 0. The average Bonchev–Trinajstić information content (AvgIpc) is 2.99. The smallest absolute Gasteiger partial charge is 0.424 e. The predicted octanol–water partition coefficient (Wildman–Crippen LogP) is 10.6. The van der Waals surface area contributed by atoms with E-state index in [9.17, 15) is 17.6 Å². The zero-order chi connectivity index (χ0) is 30.9. The topological polar surface area (TPSA) is 27.7 Å². The van der Waals surface area contributed by atoms with E-state index in [0.717, 1.165) is 12.0 Å². The standard InChI is InChI=1S/C34H48F6O3/c1-2-3-4-5-6-7-24-8-10-25(11-9-24)12-13-26-14-16-27(17-15-26)33(37,38)43-29-19-21-32(41-23-29)34(39,40)42-28-18-20-30(35)31(36)22-28/h12-13,18,20,22,24-27,29,32H,2-11,14-17,19,21,23H2,1H3/b13-12+. The van der Waals surface area contributed by atoms with Gasteiger partial charge in [0.25, 0.3) is 0 Å². The summed E-state index contributed by atoms with van der Waals surface area (Å²) in [6.45, 7) is 1.81. The van der Waals surface area contributed by atoms with Gasteiger partial charge in [-0.1, -0.05) is 57.6 Å². The molecule has 2 atom stereocenters. The number of benzene rings is 1. The highest BCUT2D eigenvalue weighted by molar-refractivity contribution is 5.24. The Morgan fingerprint density at radius 2 is 1.42 bits per heavy atom. The SMILES string of the molecule is CCCCCCCC1CCC(/C=C/C2CCC(C(F)(F)OC3CCC(C(F)(F)Oc4ccc(F)c(F)c4)OC3)CC2)CC1. The first-order chi connectivity index (χ1) is 20.6. The number of hydrogen-bond donors (Lipinski definition) is 0. The van der Waals surface area contributed by atoms with Crippen LogP contribution in [-0.4, -0.2) is 31.0 Å². The highest BCUT2D eigenvalue weighted by Gasteiger charge is 2.49. The van der Waals surface area contributed by atoms with Crippen molar-refractivity contribution in [3.63, 3.8) is 0 Å². The minimum Gasteiger partial charge on any atom is -0.431 e. The fraction of sp³-hybridized carbons (Fsp3) is 0.765. The molecule has 1 heterocycles. The highest BCUT2D eigenvalue weighted by Crippen LogP contribution is 2.42. The summed E-state index contributed by atoms with van der Waals surface area (Å²) in [5, 5.41) is 0. The maximum atomic E-state index is 15.0.